The molecule has 1 N–H and O–H groups in total. The molecule has 2 atom stereocenters. The van der Waals surface area contributed by atoms with E-state index in [0.717, 1.165) is 40.8 Å². The third kappa shape index (κ3) is 20.9. The van der Waals surface area contributed by atoms with Gasteiger partial charge in [0.25, 0.3) is 0 Å². The van der Waals surface area contributed by atoms with Gasteiger partial charge in [0, 0.05) is 0 Å². The molecule has 8 heteroatoms. The summed E-state index contributed by atoms with van der Waals surface area (Å²) in [6.45, 7) is 3.42. The molecular formula is C19H37NaO6S. The summed E-state index contributed by atoms with van der Waals surface area (Å²) in [6.07, 6.45) is 15.2. The Hall–Kier alpha value is 0.340. The Morgan fingerprint density at radius 2 is 1.44 bits per heavy atom. The third-order valence-electron chi connectivity index (χ3n) is 4.60. The third-order valence-corrected chi connectivity index (χ3v) is 6.02. The van der Waals surface area contributed by atoms with Crippen LogP contribution >= 0.6 is 0 Å². The molecule has 6 nitrogen and oxygen atoms in total. The molecule has 0 amide bonds. The first-order valence-corrected chi connectivity index (χ1v) is 13.1. The summed E-state index contributed by atoms with van der Waals surface area (Å²) >= 11 is 0.935. The SMILES string of the molecule is CCCCCCCCCCCCC[CH]([Na])CC(=O)OC(C)COS(=O)(=O)O. The Labute approximate surface area is 183 Å². The summed E-state index contributed by atoms with van der Waals surface area (Å²) in [5.74, 6) is -0.329. The van der Waals surface area contributed by atoms with Crippen LogP contribution < -0.4 is 0 Å². The van der Waals surface area contributed by atoms with Gasteiger partial charge in [-0.25, -0.2) is 0 Å². The van der Waals surface area contributed by atoms with Crippen molar-refractivity contribution in [2.45, 2.75) is 107 Å². The average molecular weight is 417 g/mol. The fourth-order valence-electron chi connectivity index (χ4n) is 3.03. The Bertz CT molecular complexity index is 469. The van der Waals surface area contributed by atoms with E-state index in [0.29, 0.717) is 9.59 Å². The maximum absolute atomic E-state index is 11.8. The predicted molar refractivity (Wildman–Crippen MR) is 108 cm³/mol. The van der Waals surface area contributed by atoms with Gasteiger partial charge in [-0.3, -0.25) is 0 Å². The fraction of sp³-hybridized carbons (Fsp3) is 0.947. The zero-order valence-electron chi connectivity index (χ0n) is 17.5. The summed E-state index contributed by atoms with van der Waals surface area (Å²) < 4.78 is 39.1. The van der Waals surface area contributed by atoms with Crippen molar-refractivity contribution in [3.63, 3.8) is 0 Å². The maximum atomic E-state index is 11.8. The molecule has 0 spiro atoms. The molecule has 0 aromatic carbocycles. The fourth-order valence-corrected chi connectivity index (χ4v) is 4.14. The van der Waals surface area contributed by atoms with Crippen LogP contribution in [0, 0.1) is 0 Å². The molecule has 156 valence electrons. The van der Waals surface area contributed by atoms with E-state index >= 15 is 0 Å². The van der Waals surface area contributed by atoms with Crippen LogP contribution in [0.25, 0.3) is 0 Å². The molecule has 0 aromatic heterocycles. The quantitative estimate of drug-likeness (QED) is 0.150. The number of hydrogen-bond donors (Lipinski definition) is 1. The molecule has 0 rings (SSSR count). The van der Waals surface area contributed by atoms with Crippen molar-refractivity contribution in [3.8, 4) is 0 Å². The Balaban J connectivity index is 3.54. The first-order chi connectivity index (χ1) is 12.7. The molecule has 0 aromatic rings. The Morgan fingerprint density at radius 3 is 1.93 bits per heavy atom. The van der Waals surface area contributed by atoms with Gasteiger partial charge in [0.15, 0.2) is 0 Å². The van der Waals surface area contributed by atoms with Crippen LogP contribution in [0.15, 0.2) is 0 Å². The van der Waals surface area contributed by atoms with Gasteiger partial charge in [0.1, 0.15) is 0 Å². The number of unbranched alkanes of at least 4 members (excludes halogenated alkanes) is 10. The molecule has 0 bridgehead atoms. The van der Waals surface area contributed by atoms with Crippen LogP contribution in [0.4, 0.5) is 0 Å². The standard InChI is InChI=1S/C19H37O6S.Na/c1-3-4-5-6-7-8-9-10-11-12-13-14-15-16-19(20)25-18(2)17-24-26(21,22)23;/h15,18H,3-14,16-17H2,1-2H3,(H,21,22,23);. The van der Waals surface area contributed by atoms with Crippen molar-refractivity contribution < 1.29 is 26.7 Å². The van der Waals surface area contributed by atoms with Crippen LogP contribution in [0.1, 0.15) is 97.3 Å². The molecule has 27 heavy (non-hydrogen) atoms. The molecule has 0 fully saturated rings. The van der Waals surface area contributed by atoms with E-state index in [9.17, 15) is 13.2 Å². The molecule has 0 saturated carbocycles. The van der Waals surface area contributed by atoms with Crippen molar-refractivity contribution in [1.82, 2.24) is 0 Å². The molecule has 2 unspecified atom stereocenters. The van der Waals surface area contributed by atoms with Gasteiger partial charge in [-0.1, -0.05) is 13.3 Å². The minimum absolute atomic E-state index is 0.329. The average Bonchev–Trinajstić information content (AvgIpc) is 2.57. The molecule has 0 radical (unpaired) electrons. The first-order valence-electron chi connectivity index (χ1n) is 10.6. The van der Waals surface area contributed by atoms with Crippen LogP contribution in [0.2, 0.25) is 3.17 Å². The van der Waals surface area contributed by atoms with Crippen LogP contribution in [0.3, 0.4) is 0 Å². The number of ether oxygens (including phenoxy) is 1. The topological polar surface area (TPSA) is 89.9 Å². The zero-order valence-corrected chi connectivity index (χ0v) is 20.3. The van der Waals surface area contributed by atoms with Gasteiger partial charge in [0.2, 0.25) is 0 Å². The number of carbonyl (C=O) groups excluding carboxylic acids is 1. The summed E-state index contributed by atoms with van der Waals surface area (Å²) in [4.78, 5) is 11.8. The van der Waals surface area contributed by atoms with Crippen molar-refractivity contribution in [2.75, 3.05) is 6.61 Å². The number of hydrogen-bond acceptors (Lipinski definition) is 5. The molecule has 0 heterocycles. The zero-order chi connectivity index (χ0) is 20.5. The van der Waals surface area contributed by atoms with Crippen molar-refractivity contribution in [3.05, 3.63) is 0 Å². The van der Waals surface area contributed by atoms with E-state index in [1.807, 2.05) is 0 Å². The number of rotatable bonds is 18. The normalized spacial score (nSPS) is 14.1. The Morgan fingerprint density at radius 1 is 0.963 bits per heavy atom. The number of carbonyl (C=O) groups is 1. The van der Waals surface area contributed by atoms with Crippen molar-refractivity contribution in [2.24, 2.45) is 0 Å². The molecule has 0 aliphatic carbocycles. The van der Waals surface area contributed by atoms with Gasteiger partial charge in [-0.05, 0) is 0 Å². The van der Waals surface area contributed by atoms with Gasteiger partial charge in [-0.2, -0.15) is 0 Å². The second-order valence-electron chi connectivity index (χ2n) is 7.65. The van der Waals surface area contributed by atoms with Crippen LogP contribution in [-0.4, -0.2) is 59.6 Å². The number of esters is 1. The molecule has 0 saturated heterocycles. The van der Waals surface area contributed by atoms with E-state index in [1.165, 1.54) is 71.1 Å². The van der Waals surface area contributed by atoms with Gasteiger partial charge < -0.3 is 0 Å². The first kappa shape index (κ1) is 27.3. The summed E-state index contributed by atoms with van der Waals surface area (Å²) in [5.41, 5.74) is 0. The molecular weight excluding hydrogens is 379 g/mol. The van der Waals surface area contributed by atoms with Gasteiger partial charge in [-0.15, -0.1) is 0 Å². The van der Waals surface area contributed by atoms with E-state index in [2.05, 4.69) is 11.1 Å². The molecule has 0 aliphatic heterocycles. The summed E-state index contributed by atoms with van der Waals surface area (Å²) in [5, 5.41) is 0. The molecule has 0 aliphatic rings. The van der Waals surface area contributed by atoms with E-state index in [4.69, 9.17) is 9.29 Å². The van der Waals surface area contributed by atoms with E-state index in [1.54, 1.807) is 0 Å². The van der Waals surface area contributed by atoms with E-state index < -0.39 is 16.5 Å². The minimum atomic E-state index is -4.49. The van der Waals surface area contributed by atoms with Gasteiger partial charge in [0.05, 0.1) is 0 Å². The van der Waals surface area contributed by atoms with Crippen molar-refractivity contribution >= 4 is 44.3 Å². The van der Waals surface area contributed by atoms with Crippen LogP contribution in [0.5, 0.6) is 0 Å². The van der Waals surface area contributed by atoms with Crippen molar-refractivity contribution in [1.29, 1.82) is 0 Å². The summed E-state index contributed by atoms with van der Waals surface area (Å²) in [7, 11) is -4.49. The summed E-state index contributed by atoms with van der Waals surface area (Å²) in [6, 6.07) is 0. The predicted octanol–water partition coefficient (Wildman–Crippen LogP) is 4.79. The Kier molecular flexibility index (Phi) is 17.4. The second-order valence-corrected chi connectivity index (χ2v) is 10.4. The van der Waals surface area contributed by atoms with Gasteiger partial charge >= 0.3 is 171 Å². The second kappa shape index (κ2) is 17.2. The van der Waals surface area contributed by atoms with Crippen LogP contribution in [-0.2, 0) is 24.1 Å². The monoisotopic (exact) mass is 416 g/mol. The van der Waals surface area contributed by atoms with E-state index in [-0.39, 0.29) is 12.6 Å².